The monoisotopic (exact) mass is 378 g/mol. The minimum absolute atomic E-state index is 0.0659. The average molecular weight is 380 g/mol. The van der Waals surface area contributed by atoms with E-state index in [0.29, 0.717) is 0 Å². The lowest BCUT2D eigenvalue weighted by Crippen LogP contribution is -2.01. The fourth-order valence-electron chi connectivity index (χ4n) is 1.55. The van der Waals surface area contributed by atoms with Crippen LogP contribution in [0.4, 0.5) is 13.2 Å². The number of hydrogen-bond acceptors (Lipinski definition) is 0. The lowest BCUT2D eigenvalue weighted by atomic mass is 10.0. The van der Waals surface area contributed by atoms with E-state index in [-0.39, 0.29) is 5.56 Å². The molecule has 2 rings (SSSR count). The molecule has 0 aliphatic carbocycles. The summed E-state index contributed by atoms with van der Waals surface area (Å²) in [7, 11) is 0. The van der Waals surface area contributed by atoms with Gasteiger partial charge in [-0.2, -0.15) is 0 Å². The third-order valence-corrected chi connectivity index (χ3v) is 4.05. The normalized spacial score (nSPS) is 12.5. The highest BCUT2D eigenvalue weighted by Gasteiger charge is 2.20. The van der Waals surface area contributed by atoms with Crippen LogP contribution in [0.15, 0.2) is 40.9 Å². The molecule has 0 bridgehead atoms. The zero-order chi connectivity index (χ0) is 13.3. The van der Waals surface area contributed by atoms with E-state index in [1.807, 2.05) is 0 Å². The molecule has 94 valence electrons. The molecule has 0 radical (unpaired) electrons. The number of rotatable bonds is 2. The summed E-state index contributed by atoms with van der Waals surface area (Å²) in [5.74, 6) is -3.80. The predicted octanol–water partition coefficient (Wildman–Crippen LogP) is 5.35. The van der Waals surface area contributed by atoms with Crippen LogP contribution in [0.3, 0.4) is 0 Å². The summed E-state index contributed by atoms with van der Waals surface area (Å²) in [6, 6.07) is 9.27. The standard InChI is InChI=1S/C13H7Br2F3/c14-8-3-1-7(2-4-8)11(15)9-5-6-10(16)13(18)12(9)17/h1-6,11H. The van der Waals surface area contributed by atoms with E-state index in [4.69, 9.17) is 0 Å². The van der Waals surface area contributed by atoms with Crippen molar-refractivity contribution in [2.24, 2.45) is 0 Å². The highest BCUT2D eigenvalue weighted by Crippen LogP contribution is 2.34. The van der Waals surface area contributed by atoms with Crippen molar-refractivity contribution < 1.29 is 13.2 Å². The van der Waals surface area contributed by atoms with Crippen molar-refractivity contribution in [1.29, 1.82) is 0 Å². The molecule has 18 heavy (non-hydrogen) atoms. The van der Waals surface area contributed by atoms with Gasteiger partial charge in [-0.25, -0.2) is 13.2 Å². The zero-order valence-corrected chi connectivity index (χ0v) is 12.1. The van der Waals surface area contributed by atoms with Crippen LogP contribution in [-0.4, -0.2) is 0 Å². The first-order chi connectivity index (χ1) is 8.50. The van der Waals surface area contributed by atoms with Gasteiger partial charge in [-0.3, -0.25) is 0 Å². The molecule has 0 fully saturated rings. The molecule has 0 aromatic heterocycles. The van der Waals surface area contributed by atoms with Gasteiger partial charge in [0, 0.05) is 10.0 Å². The number of alkyl halides is 1. The van der Waals surface area contributed by atoms with Gasteiger partial charge in [0.1, 0.15) is 0 Å². The van der Waals surface area contributed by atoms with Crippen LogP contribution in [-0.2, 0) is 0 Å². The van der Waals surface area contributed by atoms with E-state index >= 15 is 0 Å². The summed E-state index contributed by atoms with van der Waals surface area (Å²) in [5.41, 5.74) is 0.819. The molecular weight excluding hydrogens is 373 g/mol. The van der Waals surface area contributed by atoms with Crippen LogP contribution in [0.2, 0.25) is 0 Å². The molecule has 0 N–H and O–H groups in total. The third-order valence-electron chi connectivity index (χ3n) is 2.50. The van der Waals surface area contributed by atoms with Crippen molar-refractivity contribution in [3.63, 3.8) is 0 Å². The predicted molar refractivity (Wildman–Crippen MR) is 71.2 cm³/mol. The van der Waals surface area contributed by atoms with E-state index < -0.39 is 22.3 Å². The number of hydrogen-bond donors (Lipinski definition) is 0. The van der Waals surface area contributed by atoms with E-state index in [1.165, 1.54) is 6.07 Å². The third kappa shape index (κ3) is 2.62. The molecule has 1 unspecified atom stereocenters. The topological polar surface area (TPSA) is 0 Å². The summed E-state index contributed by atoms with van der Waals surface area (Å²) >= 11 is 6.57. The van der Waals surface area contributed by atoms with Gasteiger partial charge in [0.2, 0.25) is 0 Å². The fraction of sp³-hybridized carbons (Fsp3) is 0.0769. The van der Waals surface area contributed by atoms with Gasteiger partial charge in [0.25, 0.3) is 0 Å². The van der Waals surface area contributed by atoms with E-state index in [1.54, 1.807) is 24.3 Å². The number of benzene rings is 2. The Kier molecular flexibility index (Phi) is 4.12. The Hall–Kier alpha value is -0.810. The van der Waals surface area contributed by atoms with Gasteiger partial charge in [-0.15, -0.1) is 0 Å². The van der Waals surface area contributed by atoms with Crippen LogP contribution >= 0.6 is 31.9 Å². The van der Waals surface area contributed by atoms with Gasteiger partial charge >= 0.3 is 0 Å². The molecule has 5 heteroatoms. The highest BCUT2D eigenvalue weighted by atomic mass is 79.9. The first-order valence-corrected chi connectivity index (χ1v) is 6.74. The first kappa shape index (κ1) is 13.6. The van der Waals surface area contributed by atoms with Crippen molar-refractivity contribution >= 4 is 31.9 Å². The molecule has 0 spiro atoms. The summed E-state index contributed by atoms with van der Waals surface area (Å²) in [6.45, 7) is 0. The zero-order valence-electron chi connectivity index (χ0n) is 8.93. The van der Waals surface area contributed by atoms with E-state index in [0.717, 1.165) is 16.1 Å². The average Bonchev–Trinajstić information content (AvgIpc) is 2.36. The second-order valence-corrected chi connectivity index (χ2v) is 5.51. The Morgan fingerprint density at radius 2 is 1.44 bits per heavy atom. The number of halogens is 5. The summed E-state index contributed by atoms with van der Waals surface area (Å²) in [6.07, 6.45) is 0. The van der Waals surface area contributed by atoms with Gasteiger partial charge in [0.15, 0.2) is 17.5 Å². The van der Waals surface area contributed by atoms with Crippen LogP contribution in [0.1, 0.15) is 16.0 Å². The minimum Gasteiger partial charge on any atom is -0.204 e. The molecule has 0 aliphatic rings. The Labute approximate surface area is 119 Å². The quantitative estimate of drug-likeness (QED) is 0.487. The van der Waals surface area contributed by atoms with Gasteiger partial charge in [-0.05, 0) is 23.8 Å². The van der Waals surface area contributed by atoms with Crippen LogP contribution in [0.25, 0.3) is 0 Å². The van der Waals surface area contributed by atoms with Crippen molar-refractivity contribution in [1.82, 2.24) is 0 Å². The van der Waals surface area contributed by atoms with Crippen molar-refractivity contribution in [2.75, 3.05) is 0 Å². The molecule has 0 heterocycles. The maximum atomic E-state index is 13.6. The maximum absolute atomic E-state index is 13.6. The SMILES string of the molecule is Fc1ccc(C(Br)c2ccc(Br)cc2)c(F)c1F. The summed E-state index contributed by atoms with van der Waals surface area (Å²) in [5, 5.41) is 0. The fourth-order valence-corrected chi connectivity index (χ4v) is 2.47. The van der Waals surface area contributed by atoms with E-state index in [9.17, 15) is 13.2 Å². The Bertz CT molecular complexity index is 567. The smallest absolute Gasteiger partial charge is 0.194 e. The summed E-state index contributed by atoms with van der Waals surface area (Å²) < 4.78 is 40.5. The van der Waals surface area contributed by atoms with Crippen molar-refractivity contribution in [3.05, 3.63) is 69.4 Å². The lowest BCUT2D eigenvalue weighted by molar-refractivity contribution is 0.442. The minimum atomic E-state index is -1.45. The van der Waals surface area contributed by atoms with Crippen molar-refractivity contribution in [3.8, 4) is 0 Å². The maximum Gasteiger partial charge on any atom is 0.194 e. The van der Waals surface area contributed by atoms with Gasteiger partial charge in [0.05, 0.1) is 4.83 Å². The molecule has 1 atom stereocenters. The second-order valence-electron chi connectivity index (χ2n) is 3.68. The van der Waals surface area contributed by atoms with Crippen LogP contribution < -0.4 is 0 Å². The molecule has 0 aliphatic heterocycles. The molecular formula is C13H7Br2F3. The van der Waals surface area contributed by atoms with Gasteiger partial charge < -0.3 is 0 Å². The molecule has 2 aromatic carbocycles. The Morgan fingerprint density at radius 3 is 2.06 bits per heavy atom. The van der Waals surface area contributed by atoms with Crippen molar-refractivity contribution in [2.45, 2.75) is 4.83 Å². The first-order valence-electron chi connectivity index (χ1n) is 5.03. The molecule has 0 saturated heterocycles. The highest BCUT2D eigenvalue weighted by molar-refractivity contribution is 9.10. The lowest BCUT2D eigenvalue weighted by Gasteiger charge is -2.12. The molecule has 0 saturated carbocycles. The Balaban J connectivity index is 2.43. The molecule has 0 nitrogen and oxygen atoms in total. The van der Waals surface area contributed by atoms with Gasteiger partial charge in [-0.1, -0.05) is 50.1 Å². The van der Waals surface area contributed by atoms with Crippen LogP contribution in [0.5, 0.6) is 0 Å². The largest absolute Gasteiger partial charge is 0.204 e. The Morgan fingerprint density at radius 1 is 0.833 bits per heavy atom. The second kappa shape index (κ2) is 5.45. The van der Waals surface area contributed by atoms with Crippen LogP contribution in [0, 0.1) is 17.5 Å². The molecule has 2 aromatic rings. The summed E-state index contributed by atoms with van der Waals surface area (Å²) in [4.78, 5) is -0.527. The van der Waals surface area contributed by atoms with E-state index in [2.05, 4.69) is 31.9 Å². The molecule has 0 amide bonds.